The average Bonchev–Trinajstić information content (AvgIpc) is 2.44. The largest absolute Gasteiger partial charge is 0.482 e. The second-order valence-corrected chi connectivity index (χ2v) is 6.03. The van der Waals surface area contributed by atoms with Crippen LogP contribution in [0, 0.1) is 5.92 Å². The van der Waals surface area contributed by atoms with Crippen molar-refractivity contribution in [2.45, 2.75) is 33.3 Å². The highest BCUT2D eigenvalue weighted by Crippen LogP contribution is 2.22. The second-order valence-electron chi connectivity index (χ2n) is 6.03. The van der Waals surface area contributed by atoms with Crippen molar-refractivity contribution in [1.29, 1.82) is 0 Å². The normalized spacial score (nSPS) is 11.7. The summed E-state index contributed by atoms with van der Waals surface area (Å²) in [4.78, 5) is 11.9. The number of benzene rings is 2. The molecule has 0 unspecified atom stereocenters. The van der Waals surface area contributed by atoms with Gasteiger partial charge in [0.1, 0.15) is 11.4 Å². The highest BCUT2D eigenvalue weighted by Gasteiger charge is 2.26. The molecule has 0 aromatic heterocycles. The van der Waals surface area contributed by atoms with Crippen molar-refractivity contribution in [1.82, 2.24) is 0 Å². The van der Waals surface area contributed by atoms with E-state index < -0.39 is 5.60 Å². The molecule has 0 spiro atoms. The molecule has 0 saturated heterocycles. The molecule has 0 bridgehead atoms. The molecule has 2 rings (SSSR count). The fourth-order valence-corrected chi connectivity index (χ4v) is 1.84. The summed E-state index contributed by atoms with van der Waals surface area (Å²) in [5, 5.41) is 2.24. The maximum Gasteiger partial charge on any atom is 0.344 e. The van der Waals surface area contributed by atoms with E-state index in [1.54, 1.807) is 0 Å². The Morgan fingerprint density at radius 3 is 2.43 bits per heavy atom. The summed E-state index contributed by atoms with van der Waals surface area (Å²) in [6.07, 6.45) is 0. The van der Waals surface area contributed by atoms with Gasteiger partial charge in [0.15, 0.2) is 6.61 Å². The summed E-state index contributed by atoms with van der Waals surface area (Å²) in [7, 11) is 0. The fourth-order valence-electron chi connectivity index (χ4n) is 1.84. The van der Waals surface area contributed by atoms with Crippen LogP contribution in [-0.4, -0.2) is 18.2 Å². The maximum atomic E-state index is 11.9. The van der Waals surface area contributed by atoms with Crippen molar-refractivity contribution < 1.29 is 14.3 Å². The smallest absolute Gasteiger partial charge is 0.344 e. The monoisotopic (exact) mass is 286 g/mol. The van der Waals surface area contributed by atoms with Crippen molar-refractivity contribution in [3.63, 3.8) is 0 Å². The van der Waals surface area contributed by atoms with E-state index in [9.17, 15) is 4.79 Å². The van der Waals surface area contributed by atoms with Crippen LogP contribution in [0.4, 0.5) is 0 Å². The van der Waals surface area contributed by atoms with E-state index in [1.165, 1.54) is 0 Å². The van der Waals surface area contributed by atoms with E-state index in [0.717, 1.165) is 10.8 Å². The molecular weight excluding hydrogens is 264 g/mol. The number of esters is 1. The van der Waals surface area contributed by atoms with E-state index in [4.69, 9.17) is 9.47 Å². The van der Waals surface area contributed by atoms with Crippen LogP contribution in [0.1, 0.15) is 27.7 Å². The van der Waals surface area contributed by atoms with Crippen molar-refractivity contribution in [2.75, 3.05) is 6.61 Å². The van der Waals surface area contributed by atoms with Gasteiger partial charge >= 0.3 is 5.97 Å². The third kappa shape index (κ3) is 3.97. The third-order valence-corrected chi connectivity index (χ3v) is 3.84. The Labute approximate surface area is 125 Å². The molecule has 0 saturated carbocycles. The molecule has 112 valence electrons. The predicted molar refractivity (Wildman–Crippen MR) is 84.5 cm³/mol. The average molecular weight is 286 g/mol. The highest BCUT2D eigenvalue weighted by atomic mass is 16.6. The molecule has 0 N–H and O–H groups in total. The number of ether oxygens (including phenoxy) is 2. The minimum atomic E-state index is -0.482. The lowest BCUT2D eigenvalue weighted by atomic mass is 9.95. The SMILES string of the molecule is CC(C)C(C)(C)OC(=O)COc1ccc2ccccc2c1. The fraction of sp³-hybridized carbons (Fsp3) is 0.389. The summed E-state index contributed by atoms with van der Waals surface area (Å²) in [6.45, 7) is 7.79. The highest BCUT2D eigenvalue weighted by molar-refractivity contribution is 5.83. The molecule has 3 nitrogen and oxygen atoms in total. The van der Waals surface area contributed by atoms with Gasteiger partial charge in [0.05, 0.1) is 0 Å². The van der Waals surface area contributed by atoms with Gasteiger partial charge in [-0.1, -0.05) is 44.2 Å². The van der Waals surface area contributed by atoms with Crippen LogP contribution in [0.5, 0.6) is 5.75 Å². The van der Waals surface area contributed by atoms with Gasteiger partial charge in [0.25, 0.3) is 0 Å². The van der Waals surface area contributed by atoms with E-state index in [-0.39, 0.29) is 18.5 Å². The standard InChI is InChI=1S/C18H22O3/c1-13(2)18(3,4)21-17(19)12-20-16-10-9-14-7-5-6-8-15(14)11-16/h5-11,13H,12H2,1-4H3. The second kappa shape index (κ2) is 6.17. The number of fused-ring (bicyclic) bond motifs is 1. The zero-order valence-electron chi connectivity index (χ0n) is 13.1. The maximum absolute atomic E-state index is 11.9. The van der Waals surface area contributed by atoms with Crippen molar-refractivity contribution in [3.8, 4) is 5.75 Å². The van der Waals surface area contributed by atoms with Gasteiger partial charge in [0, 0.05) is 0 Å². The van der Waals surface area contributed by atoms with Gasteiger partial charge in [0.2, 0.25) is 0 Å². The Balaban J connectivity index is 1.97. The first-order chi connectivity index (χ1) is 9.88. The summed E-state index contributed by atoms with van der Waals surface area (Å²) in [5.74, 6) is 0.581. The summed E-state index contributed by atoms with van der Waals surface area (Å²) in [6, 6.07) is 13.8. The molecule has 0 fully saturated rings. The van der Waals surface area contributed by atoms with Crippen LogP contribution in [0.2, 0.25) is 0 Å². The van der Waals surface area contributed by atoms with Crippen LogP contribution < -0.4 is 4.74 Å². The van der Waals surface area contributed by atoms with Gasteiger partial charge in [-0.2, -0.15) is 0 Å². The first-order valence-electron chi connectivity index (χ1n) is 7.22. The molecule has 21 heavy (non-hydrogen) atoms. The Morgan fingerprint density at radius 2 is 1.76 bits per heavy atom. The van der Waals surface area contributed by atoms with Crippen LogP contribution >= 0.6 is 0 Å². The molecule has 2 aromatic carbocycles. The molecule has 3 heteroatoms. The van der Waals surface area contributed by atoms with Crippen molar-refractivity contribution in [3.05, 3.63) is 42.5 Å². The topological polar surface area (TPSA) is 35.5 Å². The van der Waals surface area contributed by atoms with Crippen molar-refractivity contribution in [2.24, 2.45) is 5.92 Å². The Hall–Kier alpha value is -2.03. The van der Waals surface area contributed by atoms with Gasteiger partial charge in [-0.3, -0.25) is 0 Å². The van der Waals surface area contributed by atoms with Crippen LogP contribution in [0.3, 0.4) is 0 Å². The number of rotatable bonds is 5. The minimum Gasteiger partial charge on any atom is -0.482 e. The first-order valence-corrected chi connectivity index (χ1v) is 7.22. The number of carbonyl (C=O) groups is 1. The van der Waals surface area contributed by atoms with Crippen molar-refractivity contribution >= 4 is 16.7 Å². The van der Waals surface area contributed by atoms with E-state index in [0.29, 0.717) is 5.75 Å². The molecule has 0 aliphatic heterocycles. The van der Waals surface area contributed by atoms with Gasteiger partial charge in [-0.15, -0.1) is 0 Å². The Kier molecular flexibility index (Phi) is 4.51. The lowest BCUT2D eigenvalue weighted by Gasteiger charge is -2.29. The number of hydrogen-bond acceptors (Lipinski definition) is 3. The minimum absolute atomic E-state index is 0.0749. The molecule has 0 radical (unpaired) electrons. The number of carbonyl (C=O) groups excluding carboxylic acids is 1. The van der Waals surface area contributed by atoms with E-state index in [2.05, 4.69) is 0 Å². The Morgan fingerprint density at radius 1 is 1.10 bits per heavy atom. The van der Waals surface area contributed by atoms with Crippen LogP contribution in [-0.2, 0) is 9.53 Å². The summed E-state index contributed by atoms with van der Waals surface area (Å²) in [5.41, 5.74) is -0.482. The molecule has 0 aliphatic carbocycles. The zero-order chi connectivity index (χ0) is 15.5. The van der Waals surface area contributed by atoms with E-state index in [1.807, 2.05) is 70.2 Å². The lowest BCUT2D eigenvalue weighted by molar-refractivity contribution is -0.162. The molecule has 2 aromatic rings. The summed E-state index contributed by atoms with van der Waals surface area (Å²) >= 11 is 0. The third-order valence-electron chi connectivity index (χ3n) is 3.84. The molecule has 0 heterocycles. The van der Waals surface area contributed by atoms with Crippen LogP contribution in [0.25, 0.3) is 10.8 Å². The molecule has 0 aliphatic rings. The predicted octanol–water partition coefficient (Wildman–Crippen LogP) is 4.20. The van der Waals surface area contributed by atoms with Gasteiger partial charge < -0.3 is 9.47 Å². The molecular formula is C18H22O3. The molecule has 0 amide bonds. The first kappa shape index (κ1) is 15.4. The van der Waals surface area contributed by atoms with E-state index >= 15 is 0 Å². The lowest BCUT2D eigenvalue weighted by Crippen LogP contribution is -2.35. The Bertz CT molecular complexity index is 629. The van der Waals surface area contributed by atoms with Crippen LogP contribution in [0.15, 0.2) is 42.5 Å². The zero-order valence-corrected chi connectivity index (χ0v) is 13.1. The van der Waals surface area contributed by atoms with Gasteiger partial charge in [-0.25, -0.2) is 4.79 Å². The number of hydrogen-bond donors (Lipinski definition) is 0. The quantitative estimate of drug-likeness (QED) is 0.773. The summed E-state index contributed by atoms with van der Waals surface area (Å²) < 4.78 is 11.0. The van der Waals surface area contributed by atoms with Gasteiger partial charge in [-0.05, 0) is 42.7 Å². The molecule has 0 atom stereocenters.